The van der Waals surface area contributed by atoms with Crippen LogP contribution in [0.3, 0.4) is 0 Å². The van der Waals surface area contributed by atoms with Crippen molar-refractivity contribution in [3.63, 3.8) is 0 Å². The molecule has 1 saturated heterocycles. The summed E-state index contributed by atoms with van der Waals surface area (Å²) < 4.78 is 6.41. The molecule has 0 spiro atoms. The topological polar surface area (TPSA) is 41.3 Å². The van der Waals surface area contributed by atoms with Crippen LogP contribution < -0.4 is 10.2 Å². The number of hydrogen-bond donors (Lipinski definition) is 1. The fraction of sp³-hybridized carbons (Fsp3) is 0.120. The Morgan fingerprint density at radius 2 is 1.78 bits per heavy atom. The molecule has 2 aromatic heterocycles. The number of hydrogen-bond acceptors (Lipinski definition) is 3. The largest absolute Gasteiger partial charge is 0.459 e. The predicted octanol–water partition coefficient (Wildman–Crippen LogP) is 7.13. The molecule has 0 amide bonds. The molecule has 0 radical (unpaired) electrons. The number of benzene rings is 2. The van der Waals surface area contributed by atoms with E-state index in [2.05, 4.69) is 15.2 Å². The summed E-state index contributed by atoms with van der Waals surface area (Å²) >= 11 is 18.2. The van der Waals surface area contributed by atoms with Gasteiger partial charge in [-0.2, -0.15) is 0 Å². The van der Waals surface area contributed by atoms with Crippen LogP contribution in [0.4, 0.5) is 5.69 Å². The lowest BCUT2D eigenvalue weighted by Gasteiger charge is -2.26. The lowest BCUT2D eigenvalue weighted by Crippen LogP contribution is -2.29. The maximum absolute atomic E-state index is 6.41. The molecular weight excluding hydrogens is 461 g/mol. The van der Waals surface area contributed by atoms with Crippen LogP contribution in [0, 0.1) is 6.92 Å². The molecule has 5 rings (SSSR count). The van der Waals surface area contributed by atoms with Crippen LogP contribution in [-0.2, 0) is 0 Å². The van der Waals surface area contributed by atoms with Crippen molar-refractivity contribution in [1.82, 2.24) is 10.3 Å². The van der Waals surface area contributed by atoms with Crippen molar-refractivity contribution in [1.29, 1.82) is 0 Å². The van der Waals surface area contributed by atoms with Gasteiger partial charge < -0.3 is 14.6 Å². The third-order valence-electron chi connectivity index (χ3n) is 5.65. The van der Waals surface area contributed by atoms with Crippen molar-refractivity contribution in [2.75, 3.05) is 4.90 Å². The molecule has 4 nitrogen and oxygen atoms in total. The monoisotopic (exact) mass is 479 g/mol. The van der Waals surface area contributed by atoms with Gasteiger partial charge in [0.25, 0.3) is 0 Å². The normalized spacial score (nSPS) is 18.1. The Morgan fingerprint density at radius 3 is 2.53 bits per heavy atom. The van der Waals surface area contributed by atoms with Crippen LogP contribution in [0.1, 0.15) is 29.1 Å². The first-order valence-electron chi connectivity index (χ1n) is 10.1. The minimum absolute atomic E-state index is 0.182. The van der Waals surface area contributed by atoms with E-state index in [1.807, 2.05) is 79.7 Å². The number of nitrogens with one attached hydrogen (secondary N) is 1. The molecule has 0 saturated carbocycles. The molecule has 1 aliphatic heterocycles. The van der Waals surface area contributed by atoms with Crippen LogP contribution >= 0.6 is 35.4 Å². The van der Waals surface area contributed by atoms with E-state index in [0.717, 1.165) is 34.0 Å². The molecule has 0 bridgehead atoms. The summed E-state index contributed by atoms with van der Waals surface area (Å²) in [4.78, 5) is 6.63. The molecule has 160 valence electrons. The molecule has 1 aliphatic rings. The van der Waals surface area contributed by atoms with Crippen LogP contribution in [0.2, 0.25) is 10.0 Å². The SMILES string of the molecule is Cc1c(Cl)cccc1-c1ccc([C@H]2[C@@H](c3ccccn3)NC(=S)N2c2ccc(Cl)cc2)o1. The number of aromatic nitrogens is 1. The van der Waals surface area contributed by atoms with Crippen molar-refractivity contribution in [3.8, 4) is 11.3 Å². The van der Waals surface area contributed by atoms with Crippen LogP contribution in [0.25, 0.3) is 11.3 Å². The predicted molar refractivity (Wildman–Crippen MR) is 133 cm³/mol. The zero-order chi connectivity index (χ0) is 22.2. The molecule has 1 fully saturated rings. The van der Waals surface area contributed by atoms with Crippen molar-refractivity contribution >= 4 is 46.2 Å². The van der Waals surface area contributed by atoms with E-state index >= 15 is 0 Å². The van der Waals surface area contributed by atoms with Crippen LogP contribution in [0.5, 0.6) is 0 Å². The van der Waals surface area contributed by atoms with Gasteiger partial charge >= 0.3 is 0 Å². The van der Waals surface area contributed by atoms with Gasteiger partial charge in [0.2, 0.25) is 0 Å². The number of anilines is 1. The summed E-state index contributed by atoms with van der Waals surface area (Å²) in [6.45, 7) is 1.99. The van der Waals surface area contributed by atoms with Crippen molar-refractivity contribution < 1.29 is 4.42 Å². The van der Waals surface area contributed by atoms with E-state index in [9.17, 15) is 0 Å². The minimum Gasteiger partial charge on any atom is -0.459 e. The van der Waals surface area contributed by atoms with Gasteiger partial charge in [-0.1, -0.05) is 41.4 Å². The molecular formula is C25H19Cl2N3OS. The Bertz CT molecular complexity index is 1270. The average molecular weight is 480 g/mol. The molecule has 7 heteroatoms. The fourth-order valence-corrected chi connectivity index (χ4v) is 4.70. The van der Waals surface area contributed by atoms with Gasteiger partial charge in [0.15, 0.2) is 5.11 Å². The molecule has 1 N–H and O–H groups in total. The maximum atomic E-state index is 6.41. The van der Waals surface area contributed by atoms with Crippen LogP contribution in [0.15, 0.2) is 83.4 Å². The van der Waals surface area contributed by atoms with E-state index in [1.165, 1.54) is 0 Å². The number of halogens is 2. The van der Waals surface area contributed by atoms with Gasteiger partial charge in [0.05, 0.1) is 11.7 Å². The van der Waals surface area contributed by atoms with E-state index < -0.39 is 0 Å². The Hall–Kier alpha value is -2.86. The highest BCUT2D eigenvalue weighted by molar-refractivity contribution is 7.80. The molecule has 0 unspecified atom stereocenters. The molecule has 4 aromatic rings. The van der Waals surface area contributed by atoms with Gasteiger partial charge in [-0.15, -0.1) is 0 Å². The zero-order valence-corrected chi connectivity index (χ0v) is 19.5. The molecule has 2 atom stereocenters. The van der Waals surface area contributed by atoms with Gasteiger partial charge in [-0.25, -0.2) is 0 Å². The summed E-state index contributed by atoms with van der Waals surface area (Å²) in [6.07, 6.45) is 1.78. The van der Waals surface area contributed by atoms with Gasteiger partial charge in [0.1, 0.15) is 17.6 Å². The molecule has 32 heavy (non-hydrogen) atoms. The first-order chi connectivity index (χ1) is 15.5. The zero-order valence-electron chi connectivity index (χ0n) is 17.1. The quantitative estimate of drug-likeness (QED) is 0.315. The summed E-state index contributed by atoms with van der Waals surface area (Å²) in [5.41, 5.74) is 3.75. The standard InChI is InChI=1S/C25H19Cl2N3OS/c1-15-18(5-4-6-19(15)27)21-12-13-22(31-21)24-23(20-7-2-3-14-28-20)29-25(32)30(24)17-10-8-16(26)9-11-17/h2-14,23-24H,1H3,(H,29,32)/t23-,24+/m1/s1. The fourth-order valence-electron chi connectivity index (χ4n) is 4.05. The second-order valence-electron chi connectivity index (χ2n) is 7.59. The Morgan fingerprint density at radius 1 is 0.969 bits per heavy atom. The van der Waals surface area contributed by atoms with Crippen molar-refractivity contribution in [2.45, 2.75) is 19.0 Å². The molecule has 0 aliphatic carbocycles. The number of nitrogens with zero attached hydrogens (tertiary/aromatic N) is 2. The number of thiocarbonyl (C=S) groups is 1. The lowest BCUT2D eigenvalue weighted by molar-refractivity contribution is 0.439. The van der Waals surface area contributed by atoms with E-state index in [0.29, 0.717) is 15.2 Å². The summed E-state index contributed by atoms with van der Waals surface area (Å²) in [6, 6.07) is 22.8. The maximum Gasteiger partial charge on any atom is 0.174 e. The third kappa shape index (κ3) is 3.77. The summed E-state index contributed by atoms with van der Waals surface area (Å²) in [5.74, 6) is 1.53. The van der Waals surface area contributed by atoms with Crippen LogP contribution in [-0.4, -0.2) is 10.1 Å². The Balaban J connectivity index is 1.61. The van der Waals surface area contributed by atoms with E-state index in [-0.39, 0.29) is 12.1 Å². The highest BCUT2D eigenvalue weighted by atomic mass is 35.5. The number of furan rings is 1. The molecule has 2 aromatic carbocycles. The first kappa shape index (κ1) is 21.0. The third-order valence-corrected chi connectivity index (χ3v) is 6.63. The minimum atomic E-state index is -0.230. The molecule has 3 heterocycles. The smallest absolute Gasteiger partial charge is 0.174 e. The van der Waals surface area contributed by atoms with Crippen molar-refractivity contribution in [2.24, 2.45) is 0 Å². The average Bonchev–Trinajstić information content (AvgIpc) is 3.41. The Labute approximate surface area is 201 Å². The van der Waals surface area contributed by atoms with E-state index in [1.54, 1.807) is 6.20 Å². The number of rotatable bonds is 4. The van der Waals surface area contributed by atoms with Crippen molar-refractivity contribution in [3.05, 3.63) is 106 Å². The summed E-state index contributed by atoms with van der Waals surface area (Å²) in [5, 5.41) is 5.41. The second-order valence-corrected chi connectivity index (χ2v) is 8.82. The highest BCUT2D eigenvalue weighted by Gasteiger charge is 2.42. The Kier molecular flexibility index (Phi) is 5.64. The van der Waals surface area contributed by atoms with Gasteiger partial charge in [0, 0.05) is 27.5 Å². The second kappa shape index (κ2) is 8.58. The number of pyridine rings is 1. The first-order valence-corrected chi connectivity index (χ1v) is 11.3. The van der Waals surface area contributed by atoms with Gasteiger partial charge in [-0.05, 0) is 79.3 Å². The van der Waals surface area contributed by atoms with Gasteiger partial charge in [-0.3, -0.25) is 4.98 Å². The lowest BCUT2D eigenvalue weighted by atomic mass is 10.0. The highest BCUT2D eigenvalue weighted by Crippen LogP contribution is 2.43. The van der Waals surface area contributed by atoms with E-state index in [4.69, 9.17) is 39.8 Å². The summed E-state index contributed by atoms with van der Waals surface area (Å²) in [7, 11) is 0.